The van der Waals surface area contributed by atoms with Gasteiger partial charge in [-0.3, -0.25) is 4.79 Å². The Kier molecular flexibility index (Phi) is 8.31. The van der Waals surface area contributed by atoms with Crippen LogP contribution in [0.5, 0.6) is 0 Å². The molecule has 0 saturated heterocycles. The van der Waals surface area contributed by atoms with Gasteiger partial charge in [0, 0.05) is 25.3 Å². The van der Waals surface area contributed by atoms with Crippen molar-refractivity contribution in [1.82, 2.24) is 4.31 Å². The molecule has 0 N–H and O–H groups in total. The number of nitrogens with zero attached hydrogens (tertiary/aromatic N) is 2. The Bertz CT molecular complexity index is 1170. The molecule has 0 aromatic heterocycles. The second kappa shape index (κ2) is 10.8. The lowest BCUT2D eigenvalue weighted by atomic mass is 10.0. The van der Waals surface area contributed by atoms with E-state index in [4.69, 9.17) is 0 Å². The summed E-state index contributed by atoms with van der Waals surface area (Å²) >= 11 is 0. The minimum atomic E-state index is -3.60. The van der Waals surface area contributed by atoms with E-state index < -0.39 is 31.5 Å². The summed E-state index contributed by atoms with van der Waals surface area (Å²) in [5, 5.41) is 0. The summed E-state index contributed by atoms with van der Waals surface area (Å²) in [5.74, 6) is -1.05. The van der Waals surface area contributed by atoms with Crippen LogP contribution in [0.3, 0.4) is 0 Å². The third-order valence-corrected chi connectivity index (χ3v) is 9.56. The molecule has 1 aliphatic heterocycles. The number of hydrogen-bond acceptors (Lipinski definition) is 5. The van der Waals surface area contributed by atoms with Gasteiger partial charge in [0.1, 0.15) is 5.75 Å². The van der Waals surface area contributed by atoms with Gasteiger partial charge in [-0.15, -0.1) is 0 Å². The van der Waals surface area contributed by atoms with Gasteiger partial charge in [0.2, 0.25) is 15.9 Å². The first-order valence-corrected chi connectivity index (χ1v) is 14.6. The van der Waals surface area contributed by atoms with Crippen LogP contribution in [0.4, 0.5) is 5.69 Å². The number of carbonyl (C=O) groups is 1. The SMILES string of the molecule is CCN(CC)S(=O)(=O)c1ccc2c(c1)CCCN2C(=O)CS(=O)(=O)CCCc1ccccc1. The molecule has 1 heterocycles. The maximum absolute atomic E-state index is 12.9. The monoisotopic (exact) mass is 492 g/mol. The smallest absolute Gasteiger partial charge is 0.243 e. The highest BCUT2D eigenvalue weighted by molar-refractivity contribution is 7.92. The molecule has 0 aliphatic carbocycles. The Morgan fingerprint density at radius 1 is 1.00 bits per heavy atom. The van der Waals surface area contributed by atoms with Crippen LogP contribution >= 0.6 is 0 Å². The number of carbonyl (C=O) groups excluding carboxylic acids is 1. The fourth-order valence-corrected chi connectivity index (χ4v) is 6.95. The number of rotatable bonds is 10. The van der Waals surface area contributed by atoms with E-state index in [1.54, 1.807) is 26.0 Å². The fraction of sp³-hybridized carbons (Fsp3) is 0.458. The number of sulfonamides is 1. The molecule has 3 rings (SSSR count). The number of aryl methyl sites for hydroxylation is 2. The molecule has 9 heteroatoms. The van der Waals surface area contributed by atoms with E-state index >= 15 is 0 Å². The number of sulfone groups is 1. The standard InChI is InChI=1S/C24H32N2O5S2/c1-3-25(4-2)33(30,31)22-14-15-23-21(18-22)13-8-16-26(23)24(27)19-32(28,29)17-9-12-20-10-6-5-7-11-20/h5-7,10-11,14-15,18H,3-4,8-9,12-13,16-17,19H2,1-2H3. The van der Waals surface area contributed by atoms with Crippen molar-refractivity contribution in [2.24, 2.45) is 0 Å². The van der Waals surface area contributed by atoms with Crippen molar-refractivity contribution < 1.29 is 21.6 Å². The van der Waals surface area contributed by atoms with E-state index in [-0.39, 0.29) is 10.6 Å². The molecular weight excluding hydrogens is 460 g/mol. The zero-order valence-electron chi connectivity index (χ0n) is 19.2. The van der Waals surface area contributed by atoms with Gasteiger partial charge in [0.15, 0.2) is 9.84 Å². The summed E-state index contributed by atoms with van der Waals surface area (Å²) in [4.78, 5) is 14.6. The van der Waals surface area contributed by atoms with E-state index in [1.807, 2.05) is 30.3 Å². The maximum Gasteiger partial charge on any atom is 0.243 e. The van der Waals surface area contributed by atoms with Gasteiger partial charge in [-0.1, -0.05) is 44.2 Å². The van der Waals surface area contributed by atoms with Crippen molar-refractivity contribution in [2.75, 3.05) is 36.0 Å². The molecule has 1 aliphatic rings. The Balaban J connectivity index is 1.70. The van der Waals surface area contributed by atoms with Gasteiger partial charge < -0.3 is 4.90 Å². The van der Waals surface area contributed by atoms with Crippen molar-refractivity contribution in [3.8, 4) is 0 Å². The predicted molar refractivity (Wildman–Crippen MR) is 131 cm³/mol. The van der Waals surface area contributed by atoms with Crippen LogP contribution in [0.1, 0.15) is 37.8 Å². The van der Waals surface area contributed by atoms with Crippen LogP contribution in [0.15, 0.2) is 53.4 Å². The average molecular weight is 493 g/mol. The molecule has 1 amide bonds. The van der Waals surface area contributed by atoms with Gasteiger partial charge >= 0.3 is 0 Å². The lowest BCUT2D eigenvalue weighted by molar-refractivity contribution is -0.116. The Morgan fingerprint density at radius 2 is 1.70 bits per heavy atom. The minimum Gasteiger partial charge on any atom is -0.311 e. The van der Waals surface area contributed by atoms with Gasteiger partial charge in [-0.2, -0.15) is 4.31 Å². The zero-order chi connectivity index (χ0) is 24.1. The van der Waals surface area contributed by atoms with Crippen molar-refractivity contribution in [3.63, 3.8) is 0 Å². The van der Waals surface area contributed by atoms with E-state index in [2.05, 4.69) is 0 Å². The summed E-state index contributed by atoms with van der Waals surface area (Å²) < 4.78 is 52.3. The van der Waals surface area contributed by atoms with E-state index in [1.165, 1.54) is 15.3 Å². The van der Waals surface area contributed by atoms with Crippen LogP contribution in [0, 0.1) is 0 Å². The molecular formula is C24H32N2O5S2. The Hall–Kier alpha value is -2.23. The first kappa shape index (κ1) is 25.4. The highest BCUT2D eigenvalue weighted by atomic mass is 32.2. The molecule has 0 spiro atoms. The lowest BCUT2D eigenvalue weighted by Gasteiger charge is -2.30. The summed E-state index contributed by atoms with van der Waals surface area (Å²) in [6.45, 7) is 4.76. The molecule has 0 saturated carbocycles. The molecule has 2 aromatic carbocycles. The van der Waals surface area contributed by atoms with Gasteiger partial charge in [-0.05, 0) is 55.0 Å². The van der Waals surface area contributed by atoms with Crippen LogP contribution in [-0.4, -0.2) is 58.2 Å². The summed E-state index contributed by atoms with van der Waals surface area (Å²) in [6, 6.07) is 14.4. The topological polar surface area (TPSA) is 91.8 Å². The average Bonchev–Trinajstić information content (AvgIpc) is 2.79. The fourth-order valence-electron chi connectivity index (χ4n) is 4.18. The van der Waals surface area contributed by atoms with Crippen molar-refractivity contribution in [1.29, 1.82) is 0 Å². The first-order valence-electron chi connectivity index (χ1n) is 11.4. The number of hydrogen-bond donors (Lipinski definition) is 0. The highest BCUT2D eigenvalue weighted by Gasteiger charge is 2.29. The van der Waals surface area contributed by atoms with Crippen molar-refractivity contribution in [2.45, 2.75) is 44.4 Å². The molecule has 7 nitrogen and oxygen atoms in total. The molecule has 2 aromatic rings. The van der Waals surface area contributed by atoms with Crippen LogP contribution in [0.25, 0.3) is 0 Å². The van der Waals surface area contributed by atoms with Crippen LogP contribution in [0.2, 0.25) is 0 Å². The van der Waals surface area contributed by atoms with E-state index in [9.17, 15) is 21.6 Å². The molecule has 0 fully saturated rings. The first-order chi connectivity index (χ1) is 15.7. The molecule has 0 atom stereocenters. The van der Waals surface area contributed by atoms with E-state index in [0.717, 1.165) is 11.1 Å². The number of benzene rings is 2. The van der Waals surface area contributed by atoms with Gasteiger partial charge in [0.05, 0.1) is 10.6 Å². The molecule has 0 unspecified atom stereocenters. The summed E-state index contributed by atoms with van der Waals surface area (Å²) in [6.07, 6.45) is 2.40. The Morgan fingerprint density at radius 3 is 2.36 bits per heavy atom. The minimum absolute atomic E-state index is 0.0462. The van der Waals surface area contributed by atoms with Gasteiger partial charge in [0.25, 0.3) is 0 Å². The van der Waals surface area contributed by atoms with Crippen LogP contribution < -0.4 is 4.90 Å². The zero-order valence-corrected chi connectivity index (χ0v) is 20.9. The summed E-state index contributed by atoms with van der Waals surface area (Å²) in [7, 11) is -7.15. The summed E-state index contributed by atoms with van der Waals surface area (Å²) in [5.41, 5.74) is 2.42. The van der Waals surface area contributed by atoms with Crippen molar-refractivity contribution >= 4 is 31.5 Å². The highest BCUT2D eigenvalue weighted by Crippen LogP contribution is 2.30. The second-order valence-corrected chi connectivity index (χ2v) is 12.3. The van der Waals surface area contributed by atoms with Crippen molar-refractivity contribution in [3.05, 3.63) is 59.7 Å². The maximum atomic E-state index is 12.9. The quantitative estimate of drug-likeness (QED) is 0.508. The number of anilines is 1. The third-order valence-electron chi connectivity index (χ3n) is 5.92. The number of fused-ring (bicyclic) bond motifs is 1. The number of amides is 1. The van der Waals surface area contributed by atoms with E-state index in [0.29, 0.717) is 51.0 Å². The Labute approximate surface area is 197 Å². The lowest BCUT2D eigenvalue weighted by Crippen LogP contribution is -2.40. The van der Waals surface area contributed by atoms with Crippen LogP contribution in [-0.2, 0) is 37.5 Å². The predicted octanol–water partition coefficient (Wildman–Crippen LogP) is 3.04. The molecule has 0 radical (unpaired) electrons. The molecule has 0 bridgehead atoms. The normalized spacial score (nSPS) is 14.3. The third kappa shape index (κ3) is 6.22. The largest absolute Gasteiger partial charge is 0.311 e. The molecule has 180 valence electrons. The molecule has 33 heavy (non-hydrogen) atoms. The second-order valence-electron chi connectivity index (χ2n) is 8.21. The van der Waals surface area contributed by atoms with Gasteiger partial charge in [-0.25, -0.2) is 16.8 Å².